The molecule has 1 aliphatic heterocycles. The quantitative estimate of drug-likeness (QED) is 0.865. The van der Waals surface area contributed by atoms with Gasteiger partial charge in [0.1, 0.15) is 11.6 Å². The molecule has 0 spiro atoms. The van der Waals surface area contributed by atoms with Crippen molar-refractivity contribution in [3.05, 3.63) is 16.8 Å². The zero-order chi connectivity index (χ0) is 17.5. The topological polar surface area (TPSA) is 81.9 Å². The number of hydrogen-bond donors (Lipinski definition) is 1. The molecule has 0 aromatic carbocycles. The Kier molecular flexibility index (Phi) is 6.53. The Morgan fingerprint density at radius 3 is 2.75 bits per heavy atom. The van der Waals surface area contributed by atoms with Crippen LogP contribution in [0.3, 0.4) is 0 Å². The Bertz CT molecular complexity index is 623. The van der Waals surface area contributed by atoms with Gasteiger partial charge in [-0.05, 0) is 37.7 Å². The standard InChI is InChI=1S/C18H27N5O/c1-4-9-20-18(24)13-8-7-10-23(12-13)17-15(11-19)14(5-2)16(6-3)21-22-17/h13H,4-10,12H2,1-3H3,(H,20,24). The number of hydrogen-bond acceptors (Lipinski definition) is 5. The Labute approximate surface area is 144 Å². The SMILES string of the molecule is CCCNC(=O)C1CCCN(c2nnc(CC)c(CC)c2C#N)C1. The van der Waals surface area contributed by atoms with Crippen molar-refractivity contribution in [1.29, 1.82) is 5.26 Å². The molecule has 1 amide bonds. The van der Waals surface area contributed by atoms with Crippen LogP contribution in [0.15, 0.2) is 0 Å². The summed E-state index contributed by atoms with van der Waals surface area (Å²) in [6.45, 7) is 8.24. The molecule has 1 N–H and O–H groups in total. The third kappa shape index (κ3) is 3.84. The van der Waals surface area contributed by atoms with Gasteiger partial charge in [0.05, 0.1) is 11.6 Å². The molecule has 2 rings (SSSR count). The minimum Gasteiger partial charge on any atom is -0.356 e. The molecule has 0 radical (unpaired) electrons. The molecule has 6 nitrogen and oxygen atoms in total. The first kappa shape index (κ1) is 18.2. The highest BCUT2D eigenvalue weighted by Crippen LogP contribution is 2.27. The first-order valence-electron chi connectivity index (χ1n) is 8.97. The molecule has 1 fully saturated rings. The van der Waals surface area contributed by atoms with Gasteiger partial charge in [0.15, 0.2) is 5.82 Å². The molecule has 1 saturated heterocycles. The van der Waals surface area contributed by atoms with Gasteiger partial charge in [0, 0.05) is 19.6 Å². The zero-order valence-corrected chi connectivity index (χ0v) is 14.9. The summed E-state index contributed by atoms with van der Waals surface area (Å²) in [6, 6.07) is 2.32. The van der Waals surface area contributed by atoms with Crippen molar-refractivity contribution in [3.8, 4) is 6.07 Å². The fourth-order valence-corrected chi connectivity index (χ4v) is 3.28. The summed E-state index contributed by atoms with van der Waals surface area (Å²) in [5, 5.41) is 21.3. The average Bonchev–Trinajstić information content (AvgIpc) is 2.64. The molecule has 24 heavy (non-hydrogen) atoms. The van der Waals surface area contributed by atoms with Crippen molar-refractivity contribution in [2.24, 2.45) is 5.92 Å². The van der Waals surface area contributed by atoms with E-state index in [4.69, 9.17) is 0 Å². The van der Waals surface area contributed by atoms with E-state index >= 15 is 0 Å². The number of carbonyl (C=O) groups excluding carboxylic acids is 1. The van der Waals surface area contributed by atoms with Crippen molar-refractivity contribution >= 4 is 11.7 Å². The number of nitrogens with one attached hydrogen (secondary N) is 1. The highest BCUT2D eigenvalue weighted by molar-refractivity contribution is 5.79. The van der Waals surface area contributed by atoms with E-state index in [9.17, 15) is 10.1 Å². The molecule has 2 heterocycles. The van der Waals surface area contributed by atoms with E-state index in [1.165, 1.54) is 0 Å². The first-order valence-corrected chi connectivity index (χ1v) is 8.97. The minimum absolute atomic E-state index is 0.0467. The van der Waals surface area contributed by atoms with E-state index in [1.54, 1.807) is 0 Å². The normalized spacial score (nSPS) is 17.4. The zero-order valence-electron chi connectivity index (χ0n) is 14.9. The van der Waals surface area contributed by atoms with Gasteiger partial charge < -0.3 is 10.2 Å². The Balaban J connectivity index is 2.25. The monoisotopic (exact) mass is 329 g/mol. The summed E-state index contributed by atoms with van der Waals surface area (Å²) < 4.78 is 0. The highest BCUT2D eigenvalue weighted by atomic mass is 16.1. The second-order valence-corrected chi connectivity index (χ2v) is 6.22. The summed E-state index contributed by atoms with van der Waals surface area (Å²) in [5.74, 6) is 0.697. The number of piperidine rings is 1. The van der Waals surface area contributed by atoms with Crippen LogP contribution in [0.2, 0.25) is 0 Å². The Hall–Kier alpha value is -2.16. The second-order valence-electron chi connectivity index (χ2n) is 6.22. The van der Waals surface area contributed by atoms with Gasteiger partial charge in [-0.2, -0.15) is 10.4 Å². The Morgan fingerprint density at radius 1 is 1.33 bits per heavy atom. The van der Waals surface area contributed by atoms with E-state index in [0.717, 1.165) is 49.9 Å². The van der Waals surface area contributed by atoms with E-state index in [1.807, 2.05) is 20.8 Å². The number of nitrogens with zero attached hydrogens (tertiary/aromatic N) is 4. The Morgan fingerprint density at radius 2 is 2.12 bits per heavy atom. The molecule has 1 aromatic heterocycles. The van der Waals surface area contributed by atoms with Crippen LogP contribution in [-0.2, 0) is 17.6 Å². The largest absolute Gasteiger partial charge is 0.356 e. The van der Waals surface area contributed by atoms with E-state index in [0.29, 0.717) is 24.5 Å². The smallest absolute Gasteiger partial charge is 0.224 e. The predicted octanol–water partition coefficient (Wildman–Crippen LogP) is 2.22. The van der Waals surface area contributed by atoms with Gasteiger partial charge in [0.2, 0.25) is 5.91 Å². The minimum atomic E-state index is -0.0467. The highest BCUT2D eigenvalue weighted by Gasteiger charge is 2.28. The number of amides is 1. The van der Waals surface area contributed by atoms with Gasteiger partial charge in [-0.25, -0.2) is 0 Å². The number of nitriles is 1. The molecular formula is C18H27N5O. The van der Waals surface area contributed by atoms with Crippen LogP contribution >= 0.6 is 0 Å². The van der Waals surface area contributed by atoms with Crippen LogP contribution in [0, 0.1) is 17.2 Å². The number of aromatic nitrogens is 2. The molecule has 0 bridgehead atoms. The summed E-state index contributed by atoms with van der Waals surface area (Å²) in [4.78, 5) is 14.3. The first-order chi connectivity index (χ1) is 11.7. The summed E-state index contributed by atoms with van der Waals surface area (Å²) in [5.41, 5.74) is 2.51. The second kappa shape index (κ2) is 8.62. The summed E-state index contributed by atoms with van der Waals surface area (Å²) >= 11 is 0. The van der Waals surface area contributed by atoms with Crippen LogP contribution in [-0.4, -0.2) is 35.7 Å². The number of rotatable bonds is 6. The summed E-state index contributed by atoms with van der Waals surface area (Å²) in [6.07, 6.45) is 4.28. The molecule has 1 unspecified atom stereocenters. The maximum atomic E-state index is 12.3. The van der Waals surface area contributed by atoms with Crippen molar-refractivity contribution in [2.45, 2.75) is 52.9 Å². The van der Waals surface area contributed by atoms with Crippen LogP contribution in [0.5, 0.6) is 0 Å². The van der Waals surface area contributed by atoms with Gasteiger partial charge in [0.25, 0.3) is 0 Å². The van der Waals surface area contributed by atoms with E-state index in [2.05, 4.69) is 26.5 Å². The van der Waals surface area contributed by atoms with Crippen LogP contribution in [0.4, 0.5) is 5.82 Å². The summed E-state index contributed by atoms with van der Waals surface area (Å²) in [7, 11) is 0. The van der Waals surface area contributed by atoms with Crippen LogP contribution in [0.25, 0.3) is 0 Å². The molecule has 0 saturated carbocycles. The predicted molar refractivity (Wildman–Crippen MR) is 93.7 cm³/mol. The van der Waals surface area contributed by atoms with Gasteiger partial charge in [-0.15, -0.1) is 5.10 Å². The maximum Gasteiger partial charge on any atom is 0.224 e. The molecule has 6 heteroatoms. The molecule has 1 aliphatic rings. The number of aryl methyl sites for hydroxylation is 1. The van der Waals surface area contributed by atoms with E-state index < -0.39 is 0 Å². The number of anilines is 1. The van der Waals surface area contributed by atoms with Gasteiger partial charge in [-0.1, -0.05) is 20.8 Å². The average molecular weight is 329 g/mol. The lowest BCUT2D eigenvalue weighted by molar-refractivity contribution is -0.125. The molecule has 0 aliphatic carbocycles. The molecule has 1 aromatic rings. The fourth-order valence-electron chi connectivity index (χ4n) is 3.28. The van der Waals surface area contributed by atoms with Crippen molar-refractivity contribution in [3.63, 3.8) is 0 Å². The lowest BCUT2D eigenvalue weighted by Crippen LogP contribution is -2.44. The maximum absolute atomic E-state index is 12.3. The third-order valence-electron chi connectivity index (χ3n) is 4.58. The number of carbonyl (C=O) groups is 1. The fraction of sp³-hybridized carbons (Fsp3) is 0.667. The lowest BCUT2D eigenvalue weighted by atomic mass is 9.96. The van der Waals surface area contributed by atoms with Gasteiger partial charge in [-0.3, -0.25) is 4.79 Å². The molecular weight excluding hydrogens is 302 g/mol. The van der Waals surface area contributed by atoms with Crippen LogP contribution in [0.1, 0.15) is 56.9 Å². The van der Waals surface area contributed by atoms with Crippen molar-refractivity contribution in [1.82, 2.24) is 15.5 Å². The lowest BCUT2D eigenvalue weighted by Gasteiger charge is -2.33. The molecule has 130 valence electrons. The van der Waals surface area contributed by atoms with Crippen molar-refractivity contribution < 1.29 is 4.79 Å². The van der Waals surface area contributed by atoms with Crippen LogP contribution < -0.4 is 10.2 Å². The van der Waals surface area contributed by atoms with Gasteiger partial charge >= 0.3 is 0 Å². The van der Waals surface area contributed by atoms with Crippen molar-refractivity contribution in [2.75, 3.05) is 24.5 Å². The molecule has 1 atom stereocenters. The third-order valence-corrected chi connectivity index (χ3v) is 4.58. The van der Waals surface area contributed by atoms with E-state index in [-0.39, 0.29) is 11.8 Å².